The number of likely N-dealkylation sites (tertiary alicyclic amines) is 1. The molecule has 1 aliphatic rings. The van der Waals surface area contributed by atoms with Crippen molar-refractivity contribution in [3.8, 4) is 0 Å². The number of rotatable bonds is 7. The summed E-state index contributed by atoms with van der Waals surface area (Å²) in [5, 5.41) is 2.69. The third-order valence-corrected chi connectivity index (χ3v) is 5.16. The molecule has 4 amide bonds. The Morgan fingerprint density at radius 3 is 2.54 bits per heavy atom. The molecule has 7 nitrogen and oxygen atoms in total. The molecule has 24 heavy (non-hydrogen) atoms. The molecule has 1 aromatic heterocycles. The zero-order valence-electron chi connectivity index (χ0n) is 13.2. The van der Waals surface area contributed by atoms with Crippen molar-refractivity contribution in [2.45, 2.75) is 19.3 Å². The predicted octanol–water partition coefficient (Wildman–Crippen LogP) is 1.24. The molecule has 0 aliphatic carbocycles. The molecule has 0 spiro atoms. The molecule has 1 N–H and O–H groups in total. The monoisotopic (exact) mass is 415 g/mol. The fourth-order valence-corrected chi connectivity index (χ4v) is 3.68. The minimum Gasteiger partial charge on any atom is -0.354 e. The van der Waals surface area contributed by atoms with Gasteiger partial charge >= 0.3 is 0 Å². The maximum absolute atomic E-state index is 12.1. The van der Waals surface area contributed by atoms with E-state index < -0.39 is 0 Å². The fraction of sp³-hybridized carbons (Fsp3) is 0.467. The molecule has 1 aliphatic heterocycles. The van der Waals surface area contributed by atoms with E-state index in [0.29, 0.717) is 24.4 Å². The average molecular weight is 416 g/mol. The Balaban J connectivity index is 1.68. The summed E-state index contributed by atoms with van der Waals surface area (Å²) >= 11 is 4.61. The van der Waals surface area contributed by atoms with Gasteiger partial charge in [-0.1, -0.05) is 0 Å². The zero-order chi connectivity index (χ0) is 17.7. The van der Waals surface area contributed by atoms with Crippen LogP contribution in [0.4, 0.5) is 0 Å². The van der Waals surface area contributed by atoms with Gasteiger partial charge in [-0.2, -0.15) is 0 Å². The maximum Gasteiger partial charge on any atom is 0.264 e. The van der Waals surface area contributed by atoms with Gasteiger partial charge in [0.05, 0.1) is 15.2 Å². The minimum atomic E-state index is -0.277. The van der Waals surface area contributed by atoms with Crippen LogP contribution in [0.3, 0.4) is 0 Å². The van der Waals surface area contributed by atoms with Gasteiger partial charge in [0.25, 0.3) is 5.91 Å². The van der Waals surface area contributed by atoms with E-state index >= 15 is 0 Å². The van der Waals surface area contributed by atoms with Crippen LogP contribution in [0.1, 0.15) is 28.9 Å². The average Bonchev–Trinajstić information content (AvgIpc) is 3.10. The molecule has 2 rings (SSSR count). The van der Waals surface area contributed by atoms with Gasteiger partial charge in [0.15, 0.2) is 0 Å². The topological polar surface area (TPSA) is 86.8 Å². The lowest BCUT2D eigenvalue weighted by atomic mass is 10.3. The fourth-order valence-electron chi connectivity index (χ4n) is 2.30. The van der Waals surface area contributed by atoms with E-state index in [1.165, 1.54) is 21.1 Å². The van der Waals surface area contributed by atoms with Crippen LogP contribution in [0.2, 0.25) is 0 Å². The van der Waals surface area contributed by atoms with Crippen molar-refractivity contribution in [3.63, 3.8) is 0 Å². The van der Waals surface area contributed by atoms with Crippen LogP contribution in [0.25, 0.3) is 0 Å². The summed E-state index contributed by atoms with van der Waals surface area (Å²) in [7, 11) is 1.57. The first-order valence-electron chi connectivity index (χ1n) is 7.49. The minimum absolute atomic E-state index is 0.0457. The van der Waals surface area contributed by atoms with Crippen molar-refractivity contribution in [2.24, 2.45) is 0 Å². The Labute approximate surface area is 152 Å². The van der Waals surface area contributed by atoms with Gasteiger partial charge in [0.2, 0.25) is 17.7 Å². The largest absolute Gasteiger partial charge is 0.354 e. The van der Waals surface area contributed by atoms with Gasteiger partial charge in [-0.3, -0.25) is 24.1 Å². The number of hydrogen-bond donors (Lipinski definition) is 1. The third-order valence-electron chi connectivity index (χ3n) is 3.55. The Bertz CT molecular complexity index is 645. The van der Waals surface area contributed by atoms with E-state index in [9.17, 15) is 19.2 Å². The smallest absolute Gasteiger partial charge is 0.264 e. The number of carbonyl (C=O) groups excluding carboxylic acids is 4. The molecule has 0 radical (unpaired) electrons. The molecule has 1 aromatic rings. The van der Waals surface area contributed by atoms with E-state index in [4.69, 9.17) is 0 Å². The van der Waals surface area contributed by atoms with Gasteiger partial charge in [0.1, 0.15) is 0 Å². The number of halogens is 1. The highest BCUT2D eigenvalue weighted by Crippen LogP contribution is 2.22. The van der Waals surface area contributed by atoms with Gasteiger partial charge in [-0.25, -0.2) is 0 Å². The van der Waals surface area contributed by atoms with Crippen LogP contribution in [-0.2, 0) is 14.4 Å². The quantitative estimate of drug-likeness (QED) is 0.535. The number of imide groups is 1. The normalized spacial score (nSPS) is 14.2. The first-order chi connectivity index (χ1) is 11.4. The van der Waals surface area contributed by atoms with Crippen LogP contribution in [0.5, 0.6) is 0 Å². The van der Waals surface area contributed by atoms with Crippen LogP contribution in [-0.4, -0.2) is 60.1 Å². The van der Waals surface area contributed by atoms with Crippen molar-refractivity contribution in [3.05, 3.63) is 20.8 Å². The van der Waals surface area contributed by atoms with Crippen molar-refractivity contribution in [2.75, 3.05) is 26.7 Å². The van der Waals surface area contributed by atoms with Crippen molar-refractivity contribution in [1.82, 2.24) is 15.1 Å². The van der Waals surface area contributed by atoms with E-state index in [1.807, 2.05) is 0 Å². The lowest BCUT2D eigenvalue weighted by Crippen LogP contribution is -2.39. The zero-order valence-corrected chi connectivity index (χ0v) is 15.6. The lowest BCUT2D eigenvalue weighted by molar-refractivity contribution is -0.138. The van der Waals surface area contributed by atoms with Crippen LogP contribution < -0.4 is 5.32 Å². The second kappa shape index (κ2) is 8.39. The second-order valence-electron chi connectivity index (χ2n) is 5.41. The first-order valence-corrected chi connectivity index (χ1v) is 9.10. The van der Waals surface area contributed by atoms with Crippen molar-refractivity contribution < 1.29 is 19.2 Å². The summed E-state index contributed by atoms with van der Waals surface area (Å²) in [6.07, 6.45) is 1.05. The number of likely N-dealkylation sites (N-methyl/N-ethyl adjacent to an activating group) is 1. The number of carbonyl (C=O) groups is 4. The van der Waals surface area contributed by atoms with Crippen molar-refractivity contribution >= 4 is 50.9 Å². The summed E-state index contributed by atoms with van der Waals surface area (Å²) < 4.78 is 0.856. The predicted molar refractivity (Wildman–Crippen MR) is 92.6 cm³/mol. The molecule has 2 heterocycles. The standard InChI is InChI=1S/C15H18BrN3O4S/c1-18(15(23)10-3-4-11(16)24-10)9-12(20)17-7-2-8-19-13(21)5-6-14(19)22/h3-4H,2,5-9H2,1H3,(H,17,20). The maximum atomic E-state index is 12.1. The molecular weight excluding hydrogens is 398 g/mol. The molecule has 1 fully saturated rings. The van der Waals surface area contributed by atoms with Gasteiger partial charge < -0.3 is 10.2 Å². The highest BCUT2D eigenvalue weighted by Gasteiger charge is 2.27. The Morgan fingerprint density at radius 2 is 1.96 bits per heavy atom. The Kier molecular flexibility index (Phi) is 6.50. The van der Waals surface area contributed by atoms with E-state index in [0.717, 1.165) is 3.79 Å². The number of amides is 4. The Hall–Kier alpha value is -1.74. The number of nitrogens with zero attached hydrogens (tertiary/aromatic N) is 2. The molecule has 130 valence electrons. The summed E-state index contributed by atoms with van der Waals surface area (Å²) in [4.78, 5) is 50.0. The number of nitrogens with one attached hydrogen (secondary N) is 1. The Morgan fingerprint density at radius 1 is 1.29 bits per heavy atom. The summed E-state index contributed by atoms with van der Waals surface area (Å²) in [6, 6.07) is 3.49. The molecule has 0 atom stereocenters. The molecule has 0 saturated carbocycles. The molecule has 0 unspecified atom stereocenters. The number of hydrogen-bond acceptors (Lipinski definition) is 5. The summed E-state index contributed by atoms with van der Waals surface area (Å²) in [6.45, 7) is 0.619. The third kappa shape index (κ3) is 4.88. The highest BCUT2D eigenvalue weighted by molar-refractivity contribution is 9.11. The van der Waals surface area contributed by atoms with Crippen LogP contribution in [0.15, 0.2) is 15.9 Å². The van der Waals surface area contributed by atoms with E-state index in [2.05, 4.69) is 21.2 Å². The summed E-state index contributed by atoms with van der Waals surface area (Å²) in [5.41, 5.74) is 0. The molecule has 0 aromatic carbocycles. The molecular formula is C15H18BrN3O4S. The second-order valence-corrected chi connectivity index (χ2v) is 7.87. The molecule has 0 bridgehead atoms. The van der Waals surface area contributed by atoms with Gasteiger partial charge in [0, 0.05) is 33.0 Å². The van der Waals surface area contributed by atoms with Gasteiger partial charge in [-0.05, 0) is 34.5 Å². The van der Waals surface area contributed by atoms with E-state index in [1.54, 1.807) is 19.2 Å². The van der Waals surface area contributed by atoms with Crippen LogP contribution in [0, 0.1) is 0 Å². The molecule has 9 heteroatoms. The van der Waals surface area contributed by atoms with Crippen molar-refractivity contribution in [1.29, 1.82) is 0 Å². The first kappa shape index (κ1) is 18.6. The molecule has 1 saturated heterocycles. The summed E-state index contributed by atoms with van der Waals surface area (Å²) in [5.74, 6) is -0.799. The lowest BCUT2D eigenvalue weighted by Gasteiger charge is -2.17. The SMILES string of the molecule is CN(CC(=O)NCCCN1C(=O)CCC1=O)C(=O)c1ccc(Br)s1. The number of thiophene rings is 1. The van der Waals surface area contributed by atoms with Gasteiger partial charge in [-0.15, -0.1) is 11.3 Å². The van der Waals surface area contributed by atoms with E-state index in [-0.39, 0.29) is 43.0 Å². The highest BCUT2D eigenvalue weighted by atomic mass is 79.9. The van der Waals surface area contributed by atoms with Crippen LogP contribution >= 0.6 is 27.3 Å².